The Labute approximate surface area is 346 Å². The first kappa shape index (κ1) is 45.3. The van der Waals surface area contributed by atoms with Gasteiger partial charge in [0, 0.05) is 36.8 Å². The van der Waals surface area contributed by atoms with Crippen molar-refractivity contribution in [3.8, 4) is 52.3 Å². The second-order valence-electron chi connectivity index (χ2n) is 16.1. The number of benzene rings is 3. The number of hydrogen-bond donors (Lipinski definition) is 0. The van der Waals surface area contributed by atoms with Crippen molar-refractivity contribution in [1.29, 1.82) is 21.0 Å². The lowest BCUT2D eigenvalue weighted by molar-refractivity contribution is -0.143. The van der Waals surface area contributed by atoms with Crippen LogP contribution in [0, 0.1) is 62.5 Å². The highest BCUT2D eigenvalue weighted by Crippen LogP contribution is 2.41. The van der Waals surface area contributed by atoms with Crippen molar-refractivity contribution in [1.82, 2.24) is 0 Å². The Morgan fingerprint density at radius 2 is 1.45 bits per heavy atom. The highest BCUT2D eigenvalue weighted by molar-refractivity contribution is 5.87. The highest BCUT2D eigenvalue weighted by Gasteiger charge is 2.34. The zero-order valence-electron chi connectivity index (χ0n) is 34.8. The van der Waals surface area contributed by atoms with E-state index in [1.807, 2.05) is 24.3 Å². The molecule has 0 spiro atoms. The normalized spacial score (nSPS) is 15.0. The van der Waals surface area contributed by atoms with Gasteiger partial charge in [0.2, 0.25) is 0 Å². The van der Waals surface area contributed by atoms with Gasteiger partial charge in [0.05, 0.1) is 36.3 Å². The summed E-state index contributed by atoms with van der Waals surface area (Å²) in [6.07, 6.45) is 13.5. The molecule has 1 saturated carbocycles. The lowest BCUT2D eigenvalue weighted by Gasteiger charge is -2.29. The summed E-state index contributed by atoms with van der Waals surface area (Å²) in [7, 11) is 0. The minimum absolute atomic E-state index is 0.0564. The molecule has 0 N–H and O–H groups in total. The smallest absolute Gasteiger partial charge is 0.333 e. The van der Waals surface area contributed by atoms with Gasteiger partial charge in [0.15, 0.2) is 0 Å². The maximum Gasteiger partial charge on any atom is 0.333 e. The van der Waals surface area contributed by atoms with E-state index in [2.05, 4.69) is 62.9 Å². The molecule has 0 heterocycles. The second-order valence-corrected chi connectivity index (χ2v) is 16.1. The summed E-state index contributed by atoms with van der Waals surface area (Å²) in [6, 6.07) is 24.8. The molecule has 8 heteroatoms. The molecule has 1 aliphatic carbocycles. The molecule has 0 atom stereocenters. The summed E-state index contributed by atoms with van der Waals surface area (Å²) in [5.74, 6) is 0.960. The molecule has 0 radical (unpaired) electrons. The molecule has 0 aliphatic heterocycles. The van der Waals surface area contributed by atoms with Crippen LogP contribution in [0.4, 0.5) is 4.39 Å². The van der Waals surface area contributed by atoms with Gasteiger partial charge in [-0.1, -0.05) is 76.4 Å². The van der Waals surface area contributed by atoms with E-state index in [1.54, 1.807) is 6.07 Å². The third-order valence-corrected chi connectivity index (χ3v) is 11.7. The summed E-state index contributed by atoms with van der Waals surface area (Å²) in [6.45, 7) is 9.24. The van der Waals surface area contributed by atoms with Crippen LogP contribution >= 0.6 is 0 Å². The number of esters is 1. The van der Waals surface area contributed by atoms with E-state index in [4.69, 9.17) is 9.47 Å². The van der Waals surface area contributed by atoms with E-state index in [0.29, 0.717) is 62.2 Å². The van der Waals surface area contributed by atoms with Crippen LogP contribution < -0.4 is 4.74 Å². The molecule has 3 aromatic rings. The van der Waals surface area contributed by atoms with Crippen molar-refractivity contribution in [3.05, 3.63) is 88.8 Å². The third kappa shape index (κ3) is 12.5. The van der Waals surface area contributed by atoms with Gasteiger partial charge in [-0.05, 0) is 134 Å². The Bertz CT molecular complexity index is 2020. The first-order chi connectivity index (χ1) is 28.1. The van der Waals surface area contributed by atoms with Gasteiger partial charge >= 0.3 is 5.97 Å². The first-order valence-corrected chi connectivity index (χ1v) is 21.1. The molecule has 0 saturated heterocycles. The molecule has 7 nitrogen and oxygen atoms in total. The average Bonchev–Trinajstić information content (AvgIpc) is 3.23. The van der Waals surface area contributed by atoms with Crippen LogP contribution in [0.2, 0.25) is 0 Å². The Morgan fingerprint density at radius 1 is 0.776 bits per heavy atom. The molecule has 1 fully saturated rings. The fourth-order valence-electron chi connectivity index (χ4n) is 8.19. The van der Waals surface area contributed by atoms with E-state index in [0.717, 1.165) is 57.7 Å². The first-order valence-electron chi connectivity index (χ1n) is 21.1. The standard InChI is InChI=1S/C50H59FN4O3/c1-5-7-8-13-37-16-18-39(19-17-37)40-20-23-45(47(51)32-40)44-22-21-42(30-38(44)6-2)46-31-43(15-10-12-27-53)48(33-41(46)14-9-11-26-52)57-34-50(24-28-54,25-29-55)35-58-49(56)36(3)4/h20-23,30-33,37,39H,3,5-19,24-25,34-35H2,1-2,4H3. The lowest BCUT2D eigenvalue weighted by atomic mass is 9.77. The number of carbonyl (C=O) groups is 1. The van der Waals surface area contributed by atoms with Crippen molar-refractivity contribution in [2.24, 2.45) is 11.3 Å². The number of unbranched alkanes of at least 4 members (excludes halogenated alkanes) is 4. The van der Waals surface area contributed by atoms with Crippen molar-refractivity contribution in [2.75, 3.05) is 13.2 Å². The van der Waals surface area contributed by atoms with Crippen LogP contribution in [0.25, 0.3) is 22.3 Å². The van der Waals surface area contributed by atoms with Gasteiger partial charge < -0.3 is 9.47 Å². The number of rotatable bonds is 22. The molecule has 4 rings (SSSR count). The zero-order chi connectivity index (χ0) is 41.9. The van der Waals surface area contributed by atoms with Crippen molar-refractivity contribution < 1.29 is 18.7 Å². The highest BCUT2D eigenvalue weighted by atomic mass is 19.1. The van der Waals surface area contributed by atoms with Crippen LogP contribution in [0.1, 0.15) is 139 Å². The number of hydrogen-bond acceptors (Lipinski definition) is 7. The monoisotopic (exact) mass is 782 g/mol. The summed E-state index contributed by atoms with van der Waals surface area (Å²) in [5, 5.41) is 38.2. The predicted octanol–water partition coefficient (Wildman–Crippen LogP) is 12.6. The molecular weight excluding hydrogens is 724 g/mol. The molecule has 0 amide bonds. The quantitative estimate of drug-likeness (QED) is 0.0563. The number of ether oxygens (including phenoxy) is 2. The topological polar surface area (TPSA) is 131 Å². The van der Waals surface area contributed by atoms with Crippen molar-refractivity contribution >= 4 is 5.97 Å². The van der Waals surface area contributed by atoms with Crippen molar-refractivity contribution in [2.45, 2.75) is 136 Å². The van der Waals surface area contributed by atoms with Crippen LogP contribution in [0.15, 0.2) is 60.7 Å². The third-order valence-electron chi connectivity index (χ3n) is 11.7. The van der Waals surface area contributed by atoms with E-state index >= 15 is 4.39 Å². The fraction of sp³-hybridized carbons (Fsp3) is 0.500. The van der Waals surface area contributed by atoms with E-state index in [-0.39, 0.29) is 37.4 Å². The van der Waals surface area contributed by atoms with Crippen molar-refractivity contribution in [3.63, 3.8) is 0 Å². The van der Waals surface area contributed by atoms with E-state index in [9.17, 15) is 25.8 Å². The summed E-state index contributed by atoms with van der Waals surface area (Å²) in [5.41, 5.74) is 6.47. The largest absolute Gasteiger partial charge is 0.493 e. The molecule has 0 unspecified atom stereocenters. The maximum absolute atomic E-state index is 16.0. The van der Waals surface area contributed by atoms with Gasteiger partial charge in [-0.15, -0.1) is 0 Å². The van der Waals surface area contributed by atoms with Crippen LogP contribution in [0.3, 0.4) is 0 Å². The average molecular weight is 783 g/mol. The predicted molar refractivity (Wildman–Crippen MR) is 227 cm³/mol. The maximum atomic E-state index is 16.0. The van der Waals surface area contributed by atoms with E-state index < -0.39 is 11.4 Å². The number of aryl methyl sites for hydroxylation is 3. The van der Waals surface area contributed by atoms with Gasteiger partial charge in [-0.25, -0.2) is 9.18 Å². The van der Waals surface area contributed by atoms with Crippen LogP contribution in [0.5, 0.6) is 5.75 Å². The van der Waals surface area contributed by atoms with E-state index in [1.165, 1.54) is 45.4 Å². The number of carbonyl (C=O) groups excluding carboxylic acids is 1. The zero-order valence-corrected chi connectivity index (χ0v) is 34.8. The minimum atomic E-state index is -1.08. The van der Waals surface area contributed by atoms with Gasteiger partial charge in [0.25, 0.3) is 0 Å². The lowest BCUT2D eigenvalue weighted by Crippen LogP contribution is -2.34. The van der Waals surface area contributed by atoms with Crippen LogP contribution in [-0.2, 0) is 28.8 Å². The fourth-order valence-corrected chi connectivity index (χ4v) is 8.19. The molecule has 0 bridgehead atoms. The molecule has 1 aliphatic rings. The number of nitrogens with zero attached hydrogens (tertiary/aromatic N) is 4. The second kappa shape index (κ2) is 23.1. The summed E-state index contributed by atoms with van der Waals surface area (Å²) >= 11 is 0. The summed E-state index contributed by atoms with van der Waals surface area (Å²) in [4.78, 5) is 12.3. The Kier molecular flexibility index (Phi) is 18.0. The molecule has 58 heavy (non-hydrogen) atoms. The Balaban J connectivity index is 1.68. The SMILES string of the molecule is C=C(C)C(=O)OCC(CC#N)(CC#N)COc1cc(CCCC#N)c(-c2ccc(-c3ccc(C4CCC(CCCCC)CC4)cc3F)c(CC)c2)cc1CCCC#N. The molecule has 3 aromatic carbocycles. The minimum Gasteiger partial charge on any atom is -0.493 e. The van der Waals surface area contributed by atoms with Gasteiger partial charge in [-0.2, -0.15) is 21.0 Å². The molecule has 0 aromatic heterocycles. The Hall–Kier alpha value is -5.44. The summed E-state index contributed by atoms with van der Waals surface area (Å²) < 4.78 is 28.0. The number of nitriles is 4. The Morgan fingerprint density at radius 3 is 2.05 bits per heavy atom. The van der Waals surface area contributed by atoms with Crippen LogP contribution in [-0.4, -0.2) is 19.2 Å². The molecule has 304 valence electrons. The number of halogens is 1. The van der Waals surface area contributed by atoms with Gasteiger partial charge in [0.1, 0.15) is 18.2 Å². The molecular formula is C50H59FN4O3. The van der Waals surface area contributed by atoms with Gasteiger partial charge in [-0.3, -0.25) is 0 Å².